The topological polar surface area (TPSA) is 77.2 Å². The molecule has 1 unspecified atom stereocenters. The number of thiazole rings is 1. The molecule has 3 N–H and O–H groups in total. The third-order valence-corrected chi connectivity index (χ3v) is 4.29. The highest BCUT2D eigenvalue weighted by Gasteiger charge is 2.31. The fraction of sp³-hybridized carbons (Fsp3) is 0.333. The lowest BCUT2D eigenvalue weighted by molar-refractivity contribution is -0.136. The summed E-state index contributed by atoms with van der Waals surface area (Å²) >= 11 is 1.38. The van der Waals surface area contributed by atoms with E-state index >= 15 is 0 Å². The Morgan fingerprint density at radius 3 is 2.67 bits per heavy atom. The highest BCUT2D eigenvalue weighted by molar-refractivity contribution is 7.14. The molecule has 0 aliphatic rings. The third kappa shape index (κ3) is 3.40. The molecule has 112 valence electrons. The maximum atomic E-state index is 12.2. The lowest BCUT2D eigenvalue weighted by atomic mass is 10.0. The van der Waals surface area contributed by atoms with Crippen LogP contribution in [0, 0.1) is 0 Å². The van der Waals surface area contributed by atoms with E-state index in [1.54, 1.807) is 6.92 Å². The molecule has 0 saturated carbocycles. The average Bonchev–Trinajstić information content (AvgIpc) is 2.95. The zero-order valence-electron chi connectivity index (χ0n) is 12.3. The van der Waals surface area contributed by atoms with Crippen LogP contribution < -0.4 is 11.1 Å². The minimum absolute atomic E-state index is 0.189. The molecule has 1 aromatic heterocycles. The summed E-state index contributed by atoms with van der Waals surface area (Å²) in [5, 5.41) is 5.26. The van der Waals surface area contributed by atoms with Crippen LogP contribution in [0.5, 0.6) is 0 Å². The van der Waals surface area contributed by atoms with E-state index in [9.17, 15) is 4.79 Å². The molecule has 0 bridgehead atoms. The van der Waals surface area contributed by atoms with Gasteiger partial charge >= 0.3 is 0 Å². The van der Waals surface area contributed by atoms with Crippen molar-refractivity contribution < 1.29 is 9.53 Å². The minimum atomic E-state index is -0.840. The molecule has 1 aromatic carbocycles. The summed E-state index contributed by atoms with van der Waals surface area (Å²) in [6.45, 7) is 3.67. The molecule has 1 amide bonds. The SMILES string of the molecule is CCC(C)(OC)C(=O)Nc1nc(-c2ccc(N)cc2)cs1. The molecule has 0 aliphatic heterocycles. The maximum Gasteiger partial charge on any atom is 0.258 e. The van der Waals surface area contributed by atoms with Crippen LogP contribution in [-0.2, 0) is 9.53 Å². The van der Waals surface area contributed by atoms with Gasteiger partial charge in [-0.2, -0.15) is 0 Å². The van der Waals surface area contributed by atoms with E-state index in [1.165, 1.54) is 18.4 Å². The largest absolute Gasteiger partial charge is 0.399 e. The highest BCUT2D eigenvalue weighted by Crippen LogP contribution is 2.26. The number of hydrogen-bond acceptors (Lipinski definition) is 5. The number of methoxy groups -OCH3 is 1. The van der Waals surface area contributed by atoms with E-state index in [0.717, 1.165) is 11.3 Å². The molecule has 0 aliphatic carbocycles. The van der Waals surface area contributed by atoms with Crippen LogP contribution in [0.1, 0.15) is 20.3 Å². The molecule has 2 aromatic rings. The minimum Gasteiger partial charge on any atom is -0.399 e. The monoisotopic (exact) mass is 305 g/mol. The van der Waals surface area contributed by atoms with Crippen molar-refractivity contribution in [1.29, 1.82) is 0 Å². The fourth-order valence-corrected chi connectivity index (χ4v) is 2.46. The zero-order chi connectivity index (χ0) is 15.5. The first kappa shape index (κ1) is 15.5. The molecule has 0 radical (unpaired) electrons. The molecule has 1 atom stereocenters. The molecular weight excluding hydrogens is 286 g/mol. The van der Waals surface area contributed by atoms with Crippen LogP contribution in [-0.4, -0.2) is 23.6 Å². The number of carbonyl (C=O) groups is 1. The van der Waals surface area contributed by atoms with E-state index in [2.05, 4.69) is 10.3 Å². The normalized spacial score (nSPS) is 13.7. The van der Waals surface area contributed by atoms with Gasteiger partial charge in [0.25, 0.3) is 5.91 Å². The predicted octanol–water partition coefficient (Wildman–Crippen LogP) is 3.15. The number of ether oxygens (including phenoxy) is 1. The molecule has 21 heavy (non-hydrogen) atoms. The van der Waals surface area contributed by atoms with Crippen molar-refractivity contribution >= 4 is 28.1 Å². The Kier molecular flexibility index (Phi) is 4.59. The van der Waals surface area contributed by atoms with Crippen LogP contribution in [0.15, 0.2) is 29.6 Å². The van der Waals surface area contributed by atoms with Crippen molar-refractivity contribution in [2.75, 3.05) is 18.2 Å². The number of hydrogen-bond donors (Lipinski definition) is 2. The van der Waals surface area contributed by atoms with Crippen LogP contribution in [0.25, 0.3) is 11.3 Å². The van der Waals surface area contributed by atoms with Crippen LogP contribution in [0.4, 0.5) is 10.8 Å². The van der Waals surface area contributed by atoms with Gasteiger partial charge in [-0.1, -0.05) is 19.1 Å². The predicted molar refractivity (Wildman–Crippen MR) is 86.3 cm³/mol. The summed E-state index contributed by atoms with van der Waals surface area (Å²) < 4.78 is 5.28. The molecule has 1 heterocycles. The Hall–Kier alpha value is -1.92. The lowest BCUT2D eigenvalue weighted by Gasteiger charge is -2.24. The molecule has 5 nitrogen and oxygen atoms in total. The van der Waals surface area contributed by atoms with E-state index in [4.69, 9.17) is 10.5 Å². The second kappa shape index (κ2) is 6.24. The Morgan fingerprint density at radius 1 is 1.43 bits per heavy atom. The number of benzene rings is 1. The van der Waals surface area contributed by atoms with Gasteiger partial charge in [-0.05, 0) is 25.5 Å². The van der Waals surface area contributed by atoms with Gasteiger partial charge < -0.3 is 10.5 Å². The Labute approximate surface area is 128 Å². The number of nitrogens with two attached hydrogens (primary N) is 1. The molecule has 6 heteroatoms. The number of amides is 1. The summed E-state index contributed by atoms with van der Waals surface area (Å²) in [5.41, 5.74) is 7.31. The van der Waals surface area contributed by atoms with Crippen LogP contribution >= 0.6 is 11.3 Å². The smallest absolute Gasteiger partial charge is 0.258 e. The first-order valence-corrected chi connectivity index (χ1v) is 7.54. The molecule has 0 saturated heterocycles. The Balaban J connectivity index is 2.14. The van der Waals surface area contributed by atoms with Crippen molar-refractivity contribution in [3.05, 3.63) is 29.6 Å². The van der Waals surface area contributed by atoms with Gasteiger partial charge in [0.2, 0.25) is 0 Å². The van der Waals surface area contributed by atoms with E-state index in [1.807, 2.05) is 36.6 Å². The van der Waals surface area contributed by atoms with Crippen molar-refractivity contribution in [3.8, 4) is 11.3 Å². The van der Waals surface area contributed by atoms with Gasteiger partial charge in [0, 0.05) is 23.7 Å². The van der Waals surface area contributed by atoms with Crippen molar-refractivity contribution in [2.45, 2.75) is 25.9 Å². The standard InChI is InChI=1S/C15H19N3O2S/c1-4-15(2,20-3)13(19)18-14-17-12(9-21-14)10-5-7-11(16)8-6-10/h5-9H,4,16H2,1-3H3,(H,17,18,19). The van der Waals surface area contributed by atoms with Crippen molar-refractivity contribution in [3.63, 3.8) is 0 Å². The van der Waals surface area contributed by atoms with Gasteiger partial charge in [0.05, 0.1) is 5.69 Å². The third-order valence-electron chi connectivity index (χ3n) is 3.54. The molecule has 0 spiro atoms. The summed E-state index contributed by atoms with van der Waals surface area (Å²) in [6.07, 6.45) is 0.589. The second-order valence-corrected chi connectivity index (χ2v) is 5.76. The lowest BCUT2D eigenvalue weighted by Crippen LogP contribution is -2.41. The Bertz CT molecular complexity index is 618. The van der Waals surface area contributed by atoms with Crippen LogP contribution in [0.3, 0.4) is 0 Å². The van der Waals surface area contributed by atoms with Gasteiger partial charge in [0.15, 0.2) is 5.13 Å². The van der Waals surface area contributed by atoms with E-state index < -0.39 is 5.60 Å². The zero-order valence-corrected chi connectivity index (χ0v) is 13.2. The molecule has 0 fully saturated rings. The van der Waals surface area contributed by atoms with E-state index in [-0.39, 0.29) is 5.91 Å². The molecular formula is C15H19N3O2S. The quantitative estimate of drug-likeness (QED) is 0.832. The number of nitrogens with one attached hydrogen (secondary N) is 1. The Morgan fingerprint density at radius 2 is 2.10 bits per heavy atom. The average molecular weight is 305 g/mol. The first-order valence-electron chi connectivity index (χ1n) is 6.66. The highest BCUT2D eigenvalue weighted by atomic mass is 32.1. The maximum absolute atomic E-state index is 12.2. The number of nitrogens with zero attached hydrogens (tertiary/aromatic N) is 1. The van der Waals surface area contributed by atoms with Gasteiger partial charge in [0.1, 0.15) is 5.60 Å². The number of nitrogen functional groups attached to an aromatic ring is 1. The van der Waals surface area contributed by atoms with Gasteiger partial charge in [-0.3, -0.25) is 10.1 Å². The first-order chi connectivity index (χ1) is 9.98. The number of anilines is 2. The van der Waals surface area contributed by atoms with Crippen molar-refractivity contribution in [2.24, 2.45) is 0 Å². The van der Waals surface area contributed by atoms with Gasteiger partial charge in [-0.25, -0.2) is 4.98 Å². The van der Waals surface area contributed by atoms with E-state index in [0.29, 0.717) is 17.2 Å². The van der Waals surface area contributed by atoms with Crippen LogP contribution in [0.2, 0.25) is 0 Å². The van der Waals surface area contributed by atoms with Crippen molar-refractivity contribution in [1.82, 2.24) is 4.98 Å². The fourth-order valence-electron chi connectivity index (χ4n) is 1.74. The second-order valence-electron chi connectivity index (χ2n) is 4.90. The number of aromatic nitrogens is 1. The summed E-state index contributed by atoms with van der Waals surface area (Å²) in [5.74, 6) is -0.189. The summed E-state index contributed by atoms with van der Waals surface area (Å²) in [6, 6.07) is 7.46. The summed E-state index contributed by atoms with van der Waals surface area (Å²) in [4.78, 5) is 16.6. The number of carbonyl (C=O) groups excluding carboxylic acids is 1. The number of rotatable bonds is 5. The summed E-state index contributed by atoms with van der Waals surface area (Å²) in [7, 11) is 1.53. The molecule has 2 rings (SSSR count). The van der Waals surface area contributed by atoms with Gasteiger partial charge in [-0.15, -0.1) is 11.3 Å².